The Balaban J connectivity index is 0.00000392. The highest BCUT2D eigenvalue weighted by molar-refractivity contribution is 14.0. The summed E-state index contributed by atoms with van der Waals surface area (Å²) in [6, 6.07) is 0.707. The van der Waals surface area contributed by atoms with Crippen molar-refractivity contribution in [3.05, 3.63) is 0 Å². The summed E-state index contributed by atoms with van der Waals surface area (Å²) in [6.45, 7) is 11.4. The molecule has 2 fully saturated rings. The number of nitrogens with one attached hydrogen (secondary N) is 1. The summed E-state index contributed by atoms with van der Waals surface area (Å²) in [7, 11) is 1.88. The fourth-order valence-electron chi connectivity index (χ4n) is 4.01. The number of likely N-dealkylation sites (tertiary alicyclic amines) is 2. The number of esters is 1. The number of aliphatic imine (C=N–C) groups is 1. The Morgan fingerprint density at radius 3 is 2.43 bits per heavy atom. The van der Waals surface area contributed by atoms with Gasteiger partial charge in [0.25, 0.3) is 0 Å². The molecule has 164 valence electrons. The number of unbranched alkanes of at least 4 members (excludes halogenated alkanes) is 3. The van der Waals surface area contributed by atoms with Gasteiger partial charge in [-0.3, -0.25) is 14.7 Å². The molecule has 0 aromatic carbocycles. The molecule has 0 aromatic heterocycles. The standard InChI is InChI=1S/C21H40N4O2.HI/c1-21(2,3)27-19(26)11-7-5-6-8-13-23-20(22-4)25-16-12-18(17-25)24-14-9-10-15-24;/h18H,5-17H2,1-4H3,(H,22,23);1H. The van der Waals surface area contributed by atoms with Crippen LogP contribution in [-0.4, -0.2) is 73.1 Å². The first-order chi connectivity index (χ1) is 12.9. The first kappa shape index (κ1) is 25.5. The molecule has 1 N–H and O–H groups in total. The SMILES string of the molecule is CN=C(NCCCCCCC(=O)OC(C)(C)C)N1CCC(N2CCCC2)C1.I. The third-order valence-corrected chi connectivity index (χ3v) is 5.34. The quantitative estimate of drug-likeness (QED) is 0.178. The minimum Gasteiger partial charge on any atom is -0.460 e. The van der Waals surface area contributed by atoms with Crippen LogP contribution >= 0.6 is 24.0 Å². The Hall–Kier alpha value is -0.570. The van der Waals surface area contributed by atoms with Crippen molar-refractivity contribution < 1.29 is 9.53 Å². The third kappa shape index (κ3) is 9.29. The summed E-state index contributed by atoms with van der Waals surface area (Å²) in [5, 5.41) is 3.52. The Morgan fingerprint density at radius 1 is 1.11 bits per heavy atom. The molecule has 0 aliphatic carbocycles. The number of carbonyl (C=O) groups excluding carboxylic acids is 1. The van der Waals surface area contributed by atoms with Gasteiger partial charge in [-0.2, -0.15) is 0 Å². The fraction of sp³-hybridized carbons (Fsp3) is 0.905. The highest BCUT2D eigenvalue weighted by Gasteiger charge is 2.30. The molecule has 0 aromatic rings. The molecule has 2 aliphatic heterocycles. The first-order valence-electron chi connectivity index (χ1n) is 10.8. The fourth-order valence-corrected chi connectivity index (χ4v) is 4.01. The zero-order valence-corrected chi connectivity index (χ0v) is 20.7. The number of carbonyl (C=O) groups is 1. The summed E-state index contributed by atoms with van der Waals surface area (Å²) >= 11 is 0. The van der Waals surface area contributed by atoms with Crippen LogP contribution in [-0.2, 0) is 9.53 Å². The maximum Gasteiger partial charge on any atom is 0.306 e. The van der Waals surface area contributed by atoms with Crippen molar-refractivity contribution >= 4 is 35.9 Å². The van der Waals surface area contributed by atoms with Crippen LogP contribution in [0.2, 0.25) is 0 Å². The molecule has 2 rings (SSSR count). The first-order valence-corrected chi connectivity index (χ1v) is 10.8. The Labute approximate surface area is 188 Å². The molecule has 7 heteroatoms. The minimum atomic E-state index is -0.375. The second-order valence-corrected chi connectivity index (χ2v) is 8.86. The molecular weight excluding hydrogens is 467 g/mol. The molecule has 0 spiro atoms. The molecule has 0 saturated carbocycles. The molecule has 0 amide bonds. The number of hydrogen-bond donors (Lipinski definition) is 1. The maximum absolute atomic E-state index is 11.7. The largest absolute Gasteiger partial charge is 0.460 e. The summed E-state index contributed by atoms with van der Waals surface area (Å²) in [5.41, 5.74) is -0.375. The highest BCUT2D eigenvalue weighted by atomic mass is 127. The third-order valence-electron chi connectivity index (χ3n) is 5.34. The van der Waals surface area contributed by atoms with Gasteiger partial charge in [0.15, 0.2) is 5.96 Å². The van der Waals surface area contributed by atoms with Gasteiger partial charge in [-0.1, -0.05) is 12.8 Å². The van der Waals surface area contributed by atoms with E-state index < -0.39 is 0 Å². The number of rotatable bonds is 8. The van der Waals surface area contributed by atoms with E-state index in [1.165, 1.54) is 32.4 Å². The van der Waals surface area contributed by atoms with Gasteiger partial charge in [-0.05, 0) is 66.0 Å². The summed E-state index contributed by atoms with van der Waals surface area (Å²) in [5.74, 6) is 0.966. The van der Waals surface area contributed by atoms with Crippen LogP contribution < -0.4 is 5.32 Å². The van der Waals surface area contributed by atoms with Gasteiger partial charge in [0.05, 0.1) is 0 Å². The van der Waals surface area contributed by atoms with E-state index in [1.807, 2.05) is 27.8 Å². The van der Waals surface area contributed by atoms with Crippen molar-refractivity contribution in [1.82, 2.24) is 15.1 Å². The van der Waals surface area contributed by atoms with Crippen molar-refractivity contribution in [2.75, 3.05) is 39.8 Å². The highest BCUT2D eigenvalue weighted by Crippen LogP contribution is 2.20. The summed E-state index contributed by atoms with van der Waals surface area (Å²) in [6.07, 6.45) is 8.71. The number of guanidine groups is 1. The van der Waals surface area contributed by atoms with E-state index in [1.54, 1.807) is 0 Å². The van der Waals surface area contributed by atoms with Crippen molar-refractivity contribution in [3.8, 4) is 0 Å². The van der Waals surface area contributed by atoms with Crippen LogP contribution in [0.25, 0.3) is 0 Å². The Kier molecular flexibility index (Phi) is 11.7. The van der Waals surface area contributed by atoms with E-state index in [-0.39, 0.29) is 35.5 Å². The number of ether oxygens (including phenoxy) is 1. The molecule has 2 heterocycles. The number of halogens is 1. The number of hydrogen-bond acceptors (Lipinski definition) is 4. The van der Waals surface area contributed by atoms with Gasteiger partial charge >= 0.3 is 5.97 Å². The van der Waals surface area contributed by atoms with Crippen molar-refractivity contribution in [3.63, 3.8) is 0 Å². The van der Waals surface area contributed by atoms with Gasteiger partial charge in [-0.15, -0.1) is 24.0 Å². The molecule has 2 saturated heterocycles. The van der Waals surface area contributed by atoms with E-state index in [9.17, 15) is 4.79 Å². The van der Waals surface area contributed by atoms with Crippen molar-refractivity contribution in [2.45, 2.75) is 83.8 Å². The molecule has 6 nitrogen and oxygen atoms in total. The van der Waals surface area contributed by atoms with E-state index >= 15 is 0 Å². The molecule has 2 aliphatic rings. The van der Waals surface area contributed by atoms with Crippen LogP contribution in [0.4, 0.5) is 0 Å². The summed E-state index contributed by atoms with van der Waals surface area (Å²) in [4.78, 5) is 21.2. The Morgan fingerprint density at radius 2 is 1.79 bits per heavy atom. The number of nitrogens with zero attached hydrogens (tertiary/aromatic N) is 3. The normalized spacial score (nSPS) is 20.9. The van der Waals surface area contributed by atoms with E-state index in [0.29, 0.717) is 12.5 Å². The van der Waals surface area contributed by atoms with Gasteiger partial charge in [-0.25, -0.2) is 0 Å². The lowest BCUT2D eigenvalue weighted by molar-refractivity contribution is -0.154. The molecule has 0 bridgehead atoms. The zero-order valence-electron chi connectivity index (χ0n) is 18.3. The van der Waals surface area contributed by atoms with Crippen LogP contribution in [0.3, 0.4) is 0 Å². The molecule has 1 unspecified atom stereocenters. The second kappa shape index (κ2) is 12.9. The smallest absolute Gasteiger partial charge is 0.306 e. The lowest BCUT2D eigenvalue weighted by Crippen LogP contribution is -2.42. The second-order valence-electron chi connectivity index (χ2n) is 8.86. The van der Waals surface area contributed by atoms with Crippen LogP contribution in [0.15, 0.2) is 4.99 Å². The predicted molar refractivity (Wildman–Crippen MR) is 126 cm³/mol. The van der Waals surface area contributed by atoms with Crippen molar-refractivity contribution in [1.29, 1.82) is 0 Å². The average Bonchev–Trinajstić information content (AvgIpc) is 3.26. The summed E-state index contributed by atoms with van der Waals surface area (Å²) < 4.78 is 5.34. The average molecular weight is 508 g/mol. The van der Waals surface area contributed by atoms with Gasteiger partial charge < -0.3 is 15.0 Å². The molecule has 1 atom stereocenters. The lowest BCUT2D eigenvalue weighted by atomic mass is 10.1. The van der Waals surface area contributed by atoms with E-state index in [4.69, 9.17) is 4.74 Å². The van der Waals surface area contributed by atoms with Gasteiger partial charge in [0.1, 0.15) is 5.60 Å². The van der Waals surface area contributed by atoms with Gasteiger partial charge in [0.2, 0.25) is 0 Å². The van der Waals surface area contributed by atoms with Crippen LogP contribution in [0, 0.1) is 0 Å². The zero-order chi connectivity index (χ0) is 19.7. The maximum atomic E-state index is 11.7. The van der Waals surface area contributed by atoms with Crippen molar-refractivity contribution in [2.24, 2.45) is 4.99 Å². The minimum absolute atomic E-state index is 0. The Bertz CT molecular complexity index is 487. The topological polar surface area (TPSA) is 57.2 Å². The van der Waals surface area contributed by atoms with E-state index in [2.05, 4.69) is 20.1 Å². The van der Waals surface area contributed by atoms with Gasteiger partial charge in [0, 0.05) is 39.1 Å². The monoisotopic (exact) mass is 508 g/mol. The van der Waals surface area contributed by atoms with E-state index in [0.717, 1.165) is 51.3 Å². The molecule has 0 radical (unpaired) electrons. The van der Waals surface area contributed by atoms with Crippen LogP contribution in [0.5, 0.6) is 0 Å². The molecule has 28 heavy (non-hydrogen) atoms. The lowest BCUT2D eigenvalue weighted by Gasteiger charge is -2.25. The van der Waals surface area contributed by atoms with Crippen LogP contribution in [0.1, 0.15) is 72.1 Å². The molecular formula is C21H41IN4O2. The predicted octanol–water partition coefficient (Wildman–Crippen LogP) is 3.64.